The Hall–Kier alpha value is -1.36. The van der Waals surface area contributed by atoms with Crippen molar-refractivity contribution in [1.29, 1.82) is 0 Å². The van der Waals surface area contributed by atoms with Crippen LogP contribution >= 0.6 is 0 Å². The molecule has 1 aliphatic carbocycles. The molecule has 1 fully saturated rings. The Kier molecular flexibility index (Phi) is 3.34. The predicted octanol–water partition coefficient (Wildman–Crippen LogP) is 0.290. The molecule has 15 heavy (non-hydrogen) atoms. The molecule has 2 N–H and O–H groups in total. The molecule has 0 aliphatic heterocycles. The van der Waals surface area contributed by atoms with Gasteiger partial charge in [0.2, 0.25) is 5.91 Å². The highest BCUT2D eigenvalue weighted by atomic mass is 16.5. The molecular formula is C10H15N3O2. The van der Waals surface area contributed by atoms with E-state index in [2.05, 4.69) is 15.8 Å². The highest BCUT2D eigenvalue weighted by molar-refractivity contribution is 5.77. The summed E-state index contributed by atoms with van der Waals surface area (Å²) in [5.41, 5.74) is 0. The van der Waals surface area contributed by atoms with E-state index < -0.39 is 0 Å². The Labute approximate surface area is 88.2 Å². The molecule has 1 amide bonds. The maximum Gasteiger partial charge on any atom is 0.234 e. The molecule has 0 atom stereocenters. The van der Waals surface area contributed by atoms with E-state index in [4.69, 9.17) is 4.52 Å². The van der Waals surface area contributed by atoms with Gasteiger partial charge in [-0.1, -0.05) is 5.16 Å². The molecule has 2 rings (SSSR count). The van der Waals surface area contributed by atoms with Crippen LogP contribution in [0.1, 0.15) is 18.6 Å². The Morgan fingerprint density at radius 2 is 2.47 bits per heavy atom. The lowest BCUT2D eigenvalue weighted by Crippen LogP contribution is -2.34. The fourth-order valence-corrected chi connectivity index (χ4v) is 1.29. The van der Waals surface area contributed by atoms with Crippen molar-refractivity contribution >= 4 is 5.91 Å². The van der Waals surface area contributed by atoms with Crippen LogP contribution in [0.25, 0.3) is 0 Å². The van der Waals surface area contributed by atoms with E-state index >= 15 is 0 Å². The van der Waals surface area contributed by atoms with E-state index in [0.717, 1.165) is 12.5 Å². The van der Waals surface area contributed by atoms with Gasteiger partial charge in [0.15, 0.2) is 5.76 Å². The fraction of sp³-hybridized carbons (Fsp3) is 0.600. The number of hydrogen-bond donors (Lipinski definition) is 2. The lowest BCUT2D eigenvalue weighted by atomic mass is 10.4. The van der Waals surface area contributed by atoms with Crippen molar-refractivity contribution in [3.8, 4) is 0 Å². The Morgan fingerprint density at radius 1 is 1.60 bits per heavy atom. The summed E-state index contributed by atoms with van der Waals surface area (Å²) >= 11 is 0. The normalized spacial score (nSPS) is 15.2. The van der Waals surface area contributed by atoms with Crippen molar-refractivity contribution in [2.24, 2.45) is 5.92 Å². The SMILES string of the molecule is O=C(CNCC1CC1)NCc1ccno1. The van der Waals surface area contributed by atoms with E-state index in [1.807, 2.05) is 0 Å². The van der Waals surface area contributed by atoms with E-state index in [0.29, 0.717) is 18.8 Å². The fourth-order valence-electron chi connectivity index (χ4n) is 1.29. The Morgan fingerprint density at radius 3 is 3.13 bits per heavy atom. The third kappa shape index (κ3) is 3.71. The van der Waals surface area contributed by atoms with Crippen LogP contribution in [0.15, 0.2) is 16.8 Å². The van der Waals surface area contributed by atoms with Gasteiger partial charge in [-0.2, -0.15) is 0 Å². The summed E-state index contributed by atoms with van der Waals surface area (Å²) in [6.07, 6.45) is 4.16. The first-order valence-electron chi connectivity index (χ1n) is 5.21. The molecule has 0 bridgehead atoms. The minimum atomic E-state index is -0.00736. The van der Waals surface area contributed by atoms with Gasteiger partial charge in [0.25, 0.3) is 0 Å². The molecule has 1 heterocycles. The van der Waals surface area contributed by atoms with Crippen LogP contribution in [0.2, 0.25) is 0 Å². The van der Waals surface area contributed by atoms with Gasteiger partial charge in [-0.05, 0) is 25.3 Å². The zero-order valence-electron chi connectivity index (χ0n) is 8.53. The summed E-state index contributed by atoms with van der Waals surface area (Å²) in [5, 5.41) is 9.41. The first-order chi connectivity index (χ1) is 7.34. The summed E-state index contributed by atoms with van der Waals surface area (Å²) in [6, 6.07) is 1.73. The molecule has 0 unspecified atom stereocenters. The average Bonchev–Trinajstić information content (AvgIpc) is 2.91. The second-order valence-corrected chi connectivity index (χ2v) is 3.83. The number of aromatic nitrogens is 1. The number of carbonyl (C=O) groups is 1. The van der Waals surface area contributed by atoms with E-state index in [1.165, 1.54) is 12.8 Å². The lowest BCUT2D eigenvalue weighted by Gasteiger charge is -2.03. The molecule has 0 aromatic carbocycles. The summed E-state index contributed by atoms with van der Waals surface area (Å²) in [6.45, 7) is 1.74. The van der Waals surface area contributed by atoms with Crippen LogP contribution in [0.4, 0.5) is 0 Å². The van der Waals surface area contributed by atoms with Crippen molar-refractivity contribution in [3.63, 3.8) is 0 Å². The first-order valence-corrected chi connectivity index (χ1v) is 5.21. The van der Waals surface area contributed by atoms with Gasteiger partial charge in [0.05, 0.1) is 19.3 Å². The highest BCUT2D eigenvalue weighted by Gasteiger charge is 2.20. The number of amides is 1. The minimum Gasteiger partial charge on any atom is -0.360 e. The van der Waals surface area contributed by atoms with Crippen LogP contribution < -0.4 is 10.6 Å². The van der Waals surface area contributed by atoms with Crippen molar-refractivity contribution in [2.45, 2.75) is 19.4 Å². The van der Waals surface area contributed by atoms with Crippen molar-refractivity contribution in [2.75, 3.05) is 13.1 Å². The average molecular weight is 209 g/mol. The number of carbonyl (C=O) groups excluding carboxylic acids is 1. The number of hydrogen-bond acceptors (Lipinski definition) is 4. The molecule has 0 saturated heterocycles. The second-order valence-electron chi connectivity index (χ2n) is 3.83. The van der Waals surface area contributed by atoms with Crippen molar-refractivity contribution in [3.05, 3.63) is 18.0 Å². The number of rotatable bonds is 6. The molecule has 0 spiro atoms. The predicted molar refractivity (Wildman–Crippen MR) is 53.9 cm³/mol. The molecule has 1 aromatic rings. The Bertz CT molecular complexity index is 306. The van der Waals surface area contributed by atoms with E-state index in [-0.39, 0.29) is 5.91 Å². The number of nitrogens with zero attached hydrogens (tertiary/aromatic N) is 1. The minimum absolute atomic E-state index is 0.00736. The van der Waals surface area contributed by atoms with Crippen LogP contribution in [0, 0.1) is 5.92 Å². The summed E-state index contributed by atoms with van der Waals surface area (Å²) in [5.74, 6) is 1.46. The smallest absolute Gasteiger partial charge is 0.234 e. The van der Waals surface area contributed by atoms with Gasteiger partial charge in [-0.3, -0.25) is 4.79 Å². The lowest BCUT2D eigenvalue weighted by molar-refractivity contribution is -0.120. The van der Waals surface area contributed by atoms with Gasteiger partial charge < -0.3 is 15.2 Å². The quantitative estimate of drug-likeness (QED) is 0.706. The van der Waals surface area contributed by atoms with Crippen LogP contribution in [-0.2, 0) is 11.3 Å². The van der Waals surface area contributed by atoms with E-state index in [9.17, 15) is 4.79 Å². The first kappa shape index (κ1) is 10.2. The third-order valence-electron chi connectivity index (χ3n) is 2.37. The van der Waals surface area contributed by atoms with Crippen LogP contribution in [0.5, 0.6) is 0 Å². The summed E-state index contributed by atoms with van der Waals surface area (Å²) in [4.78, 5) is 11.3. The van der Waals surface area contributed by atoms with Crippen LogP contribution in [0.3, 0.4) is 0 Å². The molecule has 1 saturated carbocycles. The molecule has 1 aromatic heterocycles. The molecule has 82 valence electrons. The van der Waals surface area contributed by atoms with Gasteiger partial charge >= 0.3 is 0 Å². The molecule has 1 aliphatic rings. The third-order valence-corrected chi connectivity index (χ3v) is 2.37. The topological polar surface area (TPSA) is 67.2 Å². The molecule has 5 heteroatoms. The van der Waals surface area contributed by atoms with Gasteiger partial charge in [0.1, 0.15) is 0 Å². The number of nitrogens with one attached hydrogen (secondary N) is 2. The Balaban J connectivity index is 1.55. The van der Waals surface area contributed by atoms with Crippen molar-refractivity contribution in [1.82, 2.24) is 15.8 Å². The van der Waals surface area contributed by atoms with Crippen molar-refractivity contribution < 1.29 is 9.32 Å². The highest BCUT2D eigenvalue weighted by Crippen LogP contribution is 2.27. The zero-order chi connectivity index (χ0) is 10.5. The summed E-state index contributed by atoms with van der Waals surface area (Å²) in [7, 11) is 0. The molecular weight excluding hydrogens is 194 g/mol. The molecule has 5 nitrogen and oxygen atoms in total. The maximum absolute atomic E-state index is 11.3. The largest absolute Gasteiger partial charge is 0.360 e. The monoisotopic (exact) mass is 209 g/mol. The second kappa shape index (κ2) is 4.93. The van der Waals surface area contributed by atoms with E-state index in [1.54, 1.807) is 12.3 Å². The standard InChI is InChI=1S/C10H15N3O2/c14-10(7-11-5-8-1-2-8)12-6-9-3-4-13-15-9/h3-4,8,11H,1-2,5-7H2,(H,12,14). The van der Waals surface area contributed by atoms with Gasteiger partial charge in [0, 0.05) is 6.07 Å². The van der Waals surface area contributed by atoms with Gasteiger partial charge in [-0.15, -0.1) is 0 Å². The van der Waals surface area contributed by atoms with Gasteiger partial charge in [-0.25, -0.2) is 0 Å². The maximum atomic E-state index is 11.3. The van der Waals surface area contributed by atoms with Crippen LogP contribution in [-0.4, -0.2) is 24.2 Å². The zero-order valence-corrected chi connectivity index (χ0v) is 8.53. The summed E-state index contributed by atoms with van der Waals surface area (Å²) < 4.78 is 4.85. The molecule has 0 radical (unpaired) electrons.